The molecule has 1 aliphatic rings. The van der Waals surface area contributed by atoms with Crippen molar-refractivity contribution < 1.29 is 4.79 Å². The lowest BCUT2D eigenvalue weighted by atomic mass is 10.0. The van der Waals surface area contributed by atoms with Gasteiger partial charge < -0.3 is 14.8 Å². The van der Waals surface area contributed by atoms with E-state index < -0.39 is 0 Å². The predicted octanol–water partition coefficient (Wildman–Crippen LogP) is 1.16. The number of nitrogens with one attached hydrogen (secondary N) is 1. The maximum atomic E-state index is 11.9. The molecule has 2 heterocycles. The number of likely N-dealkylation sites (tertiary alicyclic amines) is 1. The van der Waals surface area contributed by atoms with Crippen LogP contribution in [0, 0.1) is 5.92 Å². The molecule has 0 saturated carbocycles. The van der Waals surface area contributed by atoms with Gasteiger partial charge in [-0.05, 0) is 12.8 Å². The molecule has 5 heteroatoms. The van der Waals surface area contributed by atoms with Crippen LogP contribution in [0.3, 0.4) is 0 Å². The Bertz CT molecular complexity index is 419. The van der Waals surface area contributed by atoms with E-state index in [4.69, 9.17) is 0 Å². The zero-order chi connectivity index (χ0) is 13.8. The van der Waals surface area contributed by atoms with Crippen LogP contribution >= 0.6 is 0 Å². The number of hydrogen-bond donors (Lipinski definition) is 1. The van der Waals surface area contributed by atoms with E-state index in [1.54, 1.807) is 0 Å². The lowest BCUT2D eigenvalue weighted by Crippen LogP contribution is -2.46. The molecule has 1 saturated heterocycles. The Morgan fingerprint density at radius 3 is 2.68 bits per heavy atom. The van der Waals surface area contributed by atoms with Gasteiger partial charge in [0.15, 0.2) is 0 Å². The van der Waals surface area contributed by atoms with Gasteiger partial charge in [0.2, 0.25) is 5.91 Å². The normalized spacial score (nSPS) is 17.2. The number of aryl methyl sites for hydroxylation is 1. The zero-order valence-electron chi connectivity index (χ0n) is 12.1. The number of piperidine rings is 1. The zero-order valence-corrected chi connectivity index (χ0v) is 12.1. The molecule has 1 aromatic heterocycles. The smallest absolute Gasteiger partial charge is 0.225 e. The summed E-state index contributed by atoms with van der Waals surface area (Å²) in [7, 11) is 2.01. The van der Waals surface area contributed by atoms with Crippen molar-refractivity contribution in [3.63, 3.8) is 0 Å². The van der Waals surface area contributed by atoms with Crippen LogP contribution in [-0.2, 0) is 18.4 Å². The van der Waals surface area contributed by atoms with Gasteiger partial charge in [-0.15, -0.1) is 0 Å². The maximum absolute atomic E-state index is 11.9. The molecule has 106 valence electrons. The van der Waals surface area contributed by atoms with Crippen molar-refractivity contribution in [1.29, 1.82) is 0 Å². The molecular weight excluding hydrogens is 240 g/mol. The third-order valence-electron chi connectivity index (χ3n) is 3.77. The molecule has 19 heavy (non-hydrogen) atoms. The highest BCUT2D eigenvalue weighted by Crippen LogP contribution is 2.13. The van der Waals surface area contributed by atoms with Crippen molar-refractivity contribution in [1.82, 2.24) is 19.8 Å². The minimum absolute atomic E-state index is 0.108. The Morgan fingerprint density at radius 2 is 2.16 bits per heavy atom. The first-order valence-corrected chi connectivity index (χ1v) is 7.06. The van der Waals surface area contributed by atoms with E-state index >= 15 is 0 Å². The summed E-state index contributed by atoms with van der Waals surface area (Å²) in [6.45, 7) is 6.47. The Kier molecular flexibility index (Phi) is 4.58. The molecule has 1 N–H and O–H groups in total. The Morgan fingerprint density at radius 1 is 1.47 bits per heavy atom. The molecule has 0 aliphatic carbocycles. The van der Waals surface area contributed by atoms with Crippen LogP contribution in [0.1, 0.15) is 32.5 Å². The lowest BCUT2D eigenvalue weighted by Gasteiger charge is -2.33. The van der Waals surface area contributed by atoms with Crippen molar-refractivity contribution in [2.45, 2.75) is 39.3 Å². The van der Waals surface area contributed by atoms with Gasteiger partial charge in [-0.3, -0.25) is 4.79 Å². The minimum Gasteiger partial charge on any atom is -0.342 e. The van der Waals surface area contributed by atoms with Crippen molar-refractivity contribution in [2.75, 3.05) is 13.1 Å². The molecule has 1 aromatic rings. The number of amides is 1. The van der Waals surface area contributed by atoms with E-state index in [1.165, 1.54) is 0 Å². The summed E-state index contributed by atoms with van der Waals surface area (Å²) in [6, 6.07) is 0.493. The molecule has 0 aromatic carbocycles. The van der Waals surface area contributed by atoms with Gasteiger partial charge in [-0.1, -0.05) is 13.8 Å². The summed E-state index contributed by atoms with van der Waals surface area (Å²) in [4.78, 5) is 18.2. The largest absolute Gasteiger partial charge is 0.342 e. The molecule has 1 fully saturated rings. The van der Waals surface area contributed by atoms with Gasteiger partial charge in [0, 0.05) is 44.5 Å². The van der Waals surface area contributed by atoms with E-state index in [1.807, 2.05) is 42.8 Å². The van der Waals surface area contributed by atoms with Gasteiger partial charge in [-0.2, -0.15) is 0 Å². The molecule has 0 atom stereocenters. The first kappa shape index (κ1) is 14.1. The molecule has 2 rings (SSSR count). The SMILES string of the molecule is CC(C)C(=O)N1CCC(NCc2nccn2C)CC1. The highest BCUT2D eigenvalue weighted by atomic mass is 16.2. The highest BCUT2D eigenvalue weighted by Gasteiger charge is 2.23. The van der Waals surface area contributed by atoms with Crippen LogP contribution in [-0.4, -0.2) is 39.5 Å². The summed E-state index contributed by atoms with van der Waals surface area (Å²) >= 11 is 0. The van der Waals surface area contributed by atoms with E-state index in [0.717, 1.165) is 38.3 Å². The number of nitrogens with zero attached hydrogens (tertiary/aromatic N) is 3. The number of hydrogen-bond acceptors (Lipinski definition) is 3. The van der Waals surface area contributed by atoms with Crippen LogP contribution in [0.4, 0.5) is 0 Å². The highest BCUT2D eigenvalue weighted by molar-refractivity contribution is 5.78. The topological polar surface area (TPSA) is 50.2 Å². The predicted molar refractivity (Wildman–Crippen MR) is 74.5 cm³/mol. The van der Waals surface area contributed by atoms with Gasteiger partial charge in [-0.25, -0.2) is 4.98 Å². The summed E-state index contributed by atoms with van der Waals surface area (Å²) in [6.07, 6.45) is 5.84. The third kappa shape index (κ3) is 3.56. The van der Waals surface area contributed by atoms with Crippen molar-refractivity contribution in [3.05, 3.63) is 18.2 Å². The van der Waals surface area contributed by atoms with Crippen molar-refractivity contribution >= 4 is 5.91 Å². The number of carbonyl (C=O) groups excluding carboxylic acids is 1. The standard InChI is InChI=1S/C14H24N4O/c1-11(2)14(19)18-7-4-12(5-8-18)16-10-13-15-6-9-17(13)3/h6,9,11-12,16H,4-5,7-8,10H2,1-3H3. The summed E-state index contributed by atoms with van der Waals surface area (Å²) in [5.74, 6) is 1.44. The first-order chi connectivity index (χ1) is 9.08. The first-order valence-electron chi connectivity index (χ1n) is 7.06. The van der Waals surface area contributed by atoms with Crippen LogP contribution in [0.2, 0.25) is 0 Å². The fraction of sp³-hybridized carbons (Fsp3) is 0.714. The Labute approximate surface area is 115 Å². The van der Waals surface area contributed by atoms with Crippen LogP contribution in [0.5, 0.6) is 0 Å². The maximum Gasteiger partial charge on any atom is 0.225 e. The Balaban J connectivity index is 1.75. The van der Waals surface area contributed by atoms with E-state index in [2.05, 4.69) is 10.3 Å². The van der Waals surface area contributed by atoms with Crippen molar-refractivity contribution in [3.8, 4) is 0 Å². The lowest BCUT2D eigenvalue weighted by molar-refractivity contribution is -0.135. The van der Waals surface area contributed by atoms with E-state index in [9.17, 15) is 4.79 Å². The molecule has 1 aliphatic heterocycles. The fourth-order valence-corrected chi connectivity index (χ4v) is 2.47. The second kappa shape index (κ2) is 6.19. The number of aromatic nitrogens is 2. The summed E-state index contributed by atoms with van der Waals surface area (Å²) < 4.78 is 2.03. The van der Waals surface area contributed by atoms with Gasteiger partial charge in [0.05, 0.1) is 6.54 Å². The molecular formula is C14H24N4O. The molecule has 1 amide bonds. The summed E-state index contributed by atoms with van der Waals surface area (Å²) in [5, 5.41) is 3.53. The van der Waals surface area contributed by atoms with Crippen LogP contribution in [0.25, 0.3) is 0 Å². The van der Waals surface area contributed by atoms with E-state index in [-0.39, 0.29) is 11.8 Å². The molecule has 0 radical (unpaired) electrons. The molecule has 5 nitrogen and oxygen atoms in total. The Hall–Kier alpha value is -1.36. The molecule has 0 unspecified atom stereocenters. The van der Waals surface area contributed by atoms with Gasteiger partial charge >= 0.3 is 0 Å². The average Bonchev–Trinajstić information content (AvgIpc) is 2.81. The van der Waals surface area contributed by atoms with Gasteiger partial charge in [0.1, 0.15) is 5.82 Å². The second-order valence-corrected chi connectivity index (χ2v) is 5.59. The number of rotatable bonds is 4. The molecule has 0 spiro atoms. The summed E-state index contributed by atoms with van der Waals surface area (Å²) in [5.41, 5.74) is 0. The molecule has 0 bridgehead atoms. The third-order valence-corrected chi connectivity index (χ3v) is 3.77. The second-order valence-electron chi connectivity index (χ2n) is 5.59. The fourth-order valence-electron chi connectivity index (χ4n) is 2.47. The minimum atomic E-state index is 0.108. The van der Waals surface area contributed by atoms with Gasteiger partial charge in [0.25, 0.3) is 0 Å². The number of carbonyl (C=O) groups is 1. The van der Waals surface area contributed by atoms with Crippen molar-refractivity contribution in [2.24, 2.45) is 13.0 Å². The van der Waals surface area contributed by atoms with Crippen LogP contribution < -0.4 is 5.32 Å². The number of imidazole rings is 1. The average molecular weight is 264 g/mol. The van der Waals surface area contributed by atoms with E-state index in [0.29, 0.717) is 6.04 Å². The monoisotopic (exact) mass is 264 g/mol. The quantitative estimate of drug-likeness (QED) is 0.887. The van der Waals surface area contributed by atoms with Crippen LogP contribution in [0.15, 0.2) is 12.4 Å².